The van der Waals surface area contributed by atoms with Gasteiger partial charge in [0, 0.05) is 18.6 Å². The highest BCUT2D eigenvalue weighted by Gasteiger charge is 2.29. The Morgan fingerprint density at radius 2 is 2.08 bits per heavy atom. The average Bonchev–Trinajstić information content (AvgIpc) is 1.98. The van der Waals surface area contributed by atoms with Gasteiger partial charge in [0.1, 0.15) is 0 Å². The molecule has 72 valence electrons. The minimum Gasteiger partial charge on any atom is -0.328 e. The van der Waals surface area contributed by atoms with Crippen LogP contribution in [0.4, 0.5) is 0 Å². The van der Waals surface area contributed by atoms with Gasteiger partial charge in [-0.15, -0.1) is 0 Å². The Morgan fingerprint density at radius 1 is 1.50 bits per heavy atom. The van der Waals surface area contributed by atoms with Crippen LogP contribution in [0.25, 0.3) is 0 Å². The fraction of sp³-hybridized carbons (Fsp3) is 1.00. The molecule has 2 N–H and O–H groups in total. The molecule has 0 amide bonds. The monoisotopic (exact) mass is 170 g/mol. The van der Waals surface area contributed by atoms with Crippen molar-refractivity contribution in [3.05, 3.63) is 0 Å². The number of nitrogens with two attached hydrogens (primary N) is 1. The van der Waals surface area contributed by atoms with Gasteiger partial charge in [-0.1, -0.05) is 20.3 Å². The van der Waals surface area contributed by atoms with Crippen molar-refractivity contribution in [3.63, 3.8) is 0 Å². The number of hydrogen-bond acceptors (Lipinski definition) is 2. The molecular formula is C10H22N2. The van der Waals surface area contributed by atoms with Crippen molar-refractivity contribution < 1.29 is 0 Å². The summed E-state index contributed by atoms with van der Waals surface area (Å²) < 4.78 is 0. The number of hydrogen-bond donors (Lipinski definition) is 1. The fourth-order valence-corrected chi connectivity index (χ4v) is 1.76. The summed E-state index contributed by atoms with van der Waals surface area (Å²) in [5.74, 6) is 0.826. The Kier molecular flexibility index (Phi) is 3.53. The van der Waals surface area contributed by atoms with Crippen LogP contribution in [0, 0.1) is 5.92 Å². The van der Waals surface area contributed by atoms with Crippen LogP contribution in [0.5, 0.6) is 0 Å². The molecule has 1 fully saturated rings. The summed E-state index contributed by atoms with van der Waals surface area (Å²) in [7, 11) is 2.22. The lowest BCUT2D eigenvalue weighted by molar-refractivity contribution is 0.123. The molecule has 0 aromatic heterocycles. The van der Waals surface area contributed by atoms with Crippen molar-refractivity contribution in [1.29, 1.82) is 0 Å². The van der Waals surface area contributed by atoms with E-state index in [0.717, 1.165) is 12.0 Å². The second kappa shape index (κ2) is 4.24. The second-order valence-corrected chi connectivity index (χ2v) is 4.34. The van der Waals surface area contributed by atoms with Gasteiger partial charge in [0.25, 0.3) is 0 Å². The van der Waals surface area contributed by atoms with Crippen molar-refractivity contribution in [1.82, 2.24) is 4.90 Å². The first-order valence-electron chi connectivity index (χ1n) is 5.09. The van der Waals surface area contributed by atoms with Gasteiger partial charge in [-0.2, -0.15) is 0 Å². The van der Waals surface area contributed by atoms with Crippen molar-refractivity contribution in [2.24, 2.45) is 11.7 Å². The Labute approximate surface area is 76.1 Å². The van der Waals surface area contributed by atoms with E-state index in [0.29, 0.717) is 6.04 Å². The smallest absolute Gasteiger partial charge is 0.0122 e. The lowest BCUT2D eigenvalue weighted by Crippen LogP contribution is -2.50. The number of nitrogens with zero attached hydrogens (tertiary/aromatic N) is 1. The third-order valence-electron chi connectivity index (χ3n) is 3.07. The predicted octanol–water partition coefficient (Wildman–Crippen LogP) is 1.45. The normalized spacial score (nSPS) is 31.8. The third kappa shape index (κ3) is 2.46. The zero-order valence-electron chi connectivity index (χ0n) is 8.59. The van der Waals surface area contributed by atoms with Gasteiger partial charge in [0.05, 0.1) is 0 Å². The van der Waals surface area contributed by atoms with E-state index in [1.165, 1.54) is 25.8 Å². The minimum atomic E-state index is 0.481. The SMILES string of the molecule is CCC(C)CN(C)C1CC(N)C1. The van der Waals surface area contributed by atoms with E-state index in [1.807, 2.05) is 0 Å². The molecule has 0 heterocycles. The molecule has 2 heteroatoms. The molecule has 0 radical (unpaired) electrons. The molecule has 0 bridgehead atoms. The van der Waals surface area contributed by atoms with Crippen LogP contribution >= 0.6 is 0 Å². The van der Waals surface area contributed by atoms with Gasteiger partial charge in [-0.25, -0.2) is 0 Å². The van der Waals surface area contributed by atoms with E-state index in [4.69, 9.17) is 5.73 Å². The highest BCUT2D eigenvalue weighted by molar-refractivity contribution is 4.88. The lowest BCUT2D eigenvalue weighted by Gasteiger charge is -2.40. The summed E-state index contributed by atoms with van der Waals surface area (Å²) in [6, 6.07) is 1.25. The van der Waals surface area contributed by atoms with E-state index in [1.54, 1.807) is 0 Å². The van der Waals surface area contributed by atoms with E-state index in [2.05, 4.69) is 25.8 Å². The molecule has 1 aliphatic rings. The molecule has 0 spiro atoms. The standard InChI is InChI=1S/C10H22N2/c1-4-8(2)7-12(3)10-5-9(11)6-10/h8-10H,4-7,11H2,1-3H3. The summed E-state index contributed by atoms with van der Waals surface area (Å²) in [5, 5.41) is 0. The molecule has 0 aromatic rings. The Bertz CT molecular complexity index is 130. The van der Waals surface area contributed by atoms with Crippen LogP contribution in [0.1, 0.15) is 33.1 Å². The third-order valence-corrected chi connectivity index (χ3v) is 3.07. The van der Waals surface area contributed by atoms with Gasteiger partial charge in [0.15, 0.2) is 0 Å². The molecule has 1 rings (SSSR count). The van der Waals surface area contributed by atoms with Gasteiger partial charge in [-0.05, 0) is 25.8 Å². The Morgan fingerprint density at radius 3 is 2.50 bits per heavy atom. The first kappa shape index (κ1) is 10.0. The molecule has 0 aliphatic heterocycles. The van der Waals surface area contributed by atoms with Crippen LogP contribution in [0.15, 0.2) is 0 Å². The van der Waals surface area contributed by atoms with Gasteiger partial charge in [-0.3, -0.25) is 0 Å². The largest absolute Gasteiger partial charge is 0.328 e. The molecule has 1 unspecified atom stereocenters. The first-order chi connectivity index (χ1) is 5.63. The van der Waals surface area contributed by atoms with Gasteiger partial charge < -0.3 is 10.6 Å². The molecule has 1 saturated carbocycles. The van der Waals surface area contributed by atoms with Crippen LogP contribution in [-0.4, -0.2) is 30.6 Å². The van der Waals surface area contributed by atoms with E-state index in [-0.39, 0.29) is 0 Å². The molecule has 2 nitrogen and oxygen atoms in total. The van der Waals surface area contributed by atoms with Crippen molar-refractivity contribution in [3.8, 4) is 0 Å². The summed E-state index contributed by atoms with van der Waals surface area (Å²) >= 11 is 0. The highest BCUT2D eigenvalue weighted by atomic mass is 15.1. The summed E-state index contributed by atoms with van der Waals surface area (Å²) in [5.41, 5.74) is 5.74. The van der Waals surface area contributed by atoms with Crippen molar-refractivity contribution in [2.45, 2.75) is 45.2 Å². The molecule has 12 heavy (non-hydrogen) atoms. The maximum absolute atomic E-state index is 5.74. The predicted molar refractivity (Wildman–Crippen MR) is 53.1 cm³/mol. The van der Waals surface area contributed by atoms with Crippen LogP contribution in [0.2, 0.25) is 0 Å². The van der Waals surface area contributed by atoms with E-state index in [9.17, 15) is 0 Å². The Balaban J connectivity index is 2.16. The summed E-state index contributed by atoms with van der Waals surface area (Å²) in [4.78, 5) is 2.47. The molecule has 0 saturated heterocycles. The zero-order chi connectivity index (χ0) is 9.14. The highest BCUT2D eigenvalue weighted by Crippen LogP contribution is 2.23. The minimum absolute atomic E-state index is 0.481. The maximum atomic E-state index is 5.74. The first-order valence-corrected chi connectivity index (χ1v) is 5.09. The van der Waals surface area contributed by atoms with Crippen LogP contribution in [0.3, 0.4) is 0 Å². The molecular weight excluding hydrogens is 148 g/mol. The molecule has 0 aromatic carbocycles. The summed E-state index contributed by atoms with van der Waals surface area (Å²) in [6.45, 7) is 5.80. The van der Waals surface area contributed by atoms with Crippen LogP contribution < -0.4 is 5.73 Å². The van der Waals surface area contributed by atoms with Crippen LogP contribution in [-0.2, 0) is 0 Å². The number of rotatable bonds is 4. The Hall–Kier alpha value is -0.0800. The van der Waals surface area contributed by atoms with Crippen molar-refractivity contribution >= 4 is 0 Å². The van der Waals surface area contributed by atoms with E-state index >= 15 is 0 Å². The summed E-state index contributed by atoms with van der Waals surface area (Å²) in [6.07, 6.45) is 3.68. The topological polar surface area (TPSA) is 29.3 Å². The van der Waals surface area contributed by atoms with Gasteiger partial charge in [0.2, 0.25) is 0 Å². The fourth-order valence-electron chi connectivity index (χ4n) is 1.76. The zero-order valence-corrected chi connectivity index (χ0v) is 8.59. The van der Waals surface area contributed by atoms with Gasteiger partial charge >= 0.3 is 0 Å². The molecule has 1 atom stereocenters. The molecule has 1 aliphatic carbocycles. The average molecular weight is 170 g/mol. The quantitative estimate of drug-likeness (QED) is 0.692. The maximum Gasteiger partial charge on any atom is 0.0122 e. The van der Waals surface area contributed by atoms with Crippen molar-refractivity contribution in [2.75, 3.05) is 13.6 Å². The lowest BCUT2D eigenvalue weighted by atomic mass is 9.86. The van der Waals surface area contributed by atoms with E-state index < -0.39 is 0 Å². The second-order valence-electron chi connectivity index (χ2n) is 4.34.